The second kappa shape index (κ2) is 6.92. The lowest BCUT2D eigenvalue weighted by atomic mass is 10.1. The number of benzene rings is 1. The van der Waals surface area contributed by atoms with Gasteiger partial charge in [0.25, 0.3) is 0 Å². The molecule has 1 aromatic heterocycles. The fraction of sp³-hybridized carbons (Fsp3) is 0.450. The third-order valence-corrected chi connectivity index (χ3v) is 5.44. The van der Waals surface area contributed by atoms with Crippen molar-refractivity contribution in [3.05, 3.63) is 59.5 Å². The SMILES string of the molecule is O=C(N[C@@H]1CCc2ccccc21)N1CCC[C@@H]1C[C@@H](O)c1ccco1. The summed E-state index contributed by atoms with van der Waals surface area (Å²) in [5, 5.41) is 13.5. The van der Waals surface area contributed by atoms with E-state index in [4.69, 9.17) is 4.42 Å². The smallest absolute Gasteiger partial charge is 0.318 e. The number of carbonyl (C=O) groups excluding carboxylic acids is 1. The topological polar surface area (TPSA) is 65.7 Å². The van der Waals surface area contributed by atoms with Crippen molar-refractivity contribution in [2.24, 2.45) is 0 Å². The van der Waals surface area contributed by atoms with E-state index in [0.717, 1.165) is 32.2 Å². The van der Waals surface area contributed by atoms with Crippen LogP contribution in [0.25, 0.3) is 0 Å². The number of aliphatic hydroxyl groups excluding tert-OH is 1. The average molecular weight is 340 g/mol. The molecule has 1 aliphatic heterocycles. The van der Waals surface area contributed by atoms with Gasteiger partial charge in [0.1, 0.15) is 11.9 Å². The van der Waals surface area contributed by atoms with Gasteiger partial charge in [-0.2, -0.15) is 0 Å². The van der Waals surface area contributed by atoms with Crippen LogP contribution in [0.3, 0.4) is 0 Å². The standard InChI is InChI=1S/C20H24N2O3/c23-18(19-8-4-12-25-19)13-15-6-3-11-22(15)20(24)21-17-10-9-14-5-1-2-7-16(14)17/h1-2,4-5,7-8,12,15,17-18,23H,3,6,9-11,13H2,(H,21,24)/t15-,17-,18-/m1/s1. The molecule has 0 spiro atoms. The van der Waals surface area contributed by atoms with Gasteiger partial charge in [0, 0.05) is 19.0 Å². The Kier molecular flexibility index (Phi) is 4.49. The van der Waals surface area contributed by atoms with Gasteiger partial charge in [-0.3, -0.25) is 0 Å². The molecule has 0 saturated carbocycles. The van der Waals surface area contributed by atoms with E-state index in [1.807, 2.05) is 11.0 Å². The van der Waals surface area contributed by atoms with E-state index in [1.165, 1.54) is 11.1 Å². The predicted octanol–water partition coefficient (Wildman–Crippen LogP) is 3.56. The van der Waals surface area contributed by atoms with Crippen LogP contribution in [0.1, 0.15) is 54.7 Å². The minimum Gasteiger partial charge on any atom is -0.467 e. The van der Waals surface area contributed by atoms with E-state index in [1.54, 1.807) is 18.4 Å². The lowest BCUT2D eigenvalue weighted by Gasteiger charge is -2.28. The minimum absolute atomic E-state index is 0.0177. The summed E-state index contributed by atoms with van der Waals surface area (Å²) < 4.78 is 5.28. The second-order valence-corrected chi connectivity index (χ2v) is 7.00. The fourth-order valence-corrected chi connectivity index (χ4v) is 4.14. The number of aryl methyl sites for hydroxylation is 1. The summed E-state index contributed by atoms with van der Waals surface area (Å²) in [4.78, 5) is 14.7. The van der Waals surface area contributed by atoms with Gasteiger partial charge in [0.05, 0.1) is 12.3 Å². The molecule has 25 heavy (non-hydrogen) atoms. The molecule has 1 aliphatic carbocycles. The summed E-state index contributed by atoms with van der Waals surface area (Å²) in [6.45, 7) is 0.746. The lowest BCUT2D eigenvalue weighted by Crippen LogP contribution is -2.44. The molecule has 1 fully saturated rings. The maximum Gasteiger partial charge on any atom is 0.318 e. The van der Waals surface area contributed by atoms with Crippen molar-refractivity contribution in [2.75, 3.05) is 6.54 Å². The Morgan fingerprint density at radius 2 is 2.16 bits per heavy atom. The van der Waals surface area contributed by atoms with E-state index in [9.17, 15) is 9.90 Å². The van der Waals surface area contributed by atoms with E-state index in [0.29, 0.717) is 12.2 Å². The first kappa shape index (κ1) is 16.2. The number of carbonyl (C=O) groups is 1. The summed E-state index contributed by atoms with van der Waals surface area (Å²) in [7, 11) is 0. The van der Waals surface area contributed by atoms with Gasteiger partial charge in [-0.25, -0.2) is 4.79 Å². The number of amides is 2. The Balaban J connectivity index is 1.39. The van der Waals surface area contributed by atoms with Crippen molar-refractivity contribution >= 4 is 6.03 Å². The molecule has 132 valence electrons. The largest absolute Gasteiger partial charge is 0.467 e. The Hall–Kier alpha value is -2.27. The quantitative estimate of drug-likeness (QED) is 0.894. The number of furan rings is 1. The summed E-state index contributed by atoms with van der Waals surface area (Å²) in [6, 6.07) is 12.0. The highest BCUT2D eigenvalue weighted by atomic mass is 16.4. The summed E-state index contributed by atoms with van der Waals surface area (Å²) >= 11 is 0. The first-order valence-corrected chi connectivity index (χ1v) is 9.09. The number of rotatable bonds is 4. The molecule has 1 aromatic carbocycles. The molecule has 5 nitrogen and oxygen atoms in total. The minimum atomic E-state index is -0.666. The number of urea groups is 1. The van der Waals surface area contributed by atoms with Crippen LogP contribution in [-0.4, -0.2) is 28.6 Å². The molecular formula is C20H24N2O3. The van der Waals surface area contributed by atoms with Gasteiger partial charge < -0.3 is 19.7 Å². The monoisotopic (exact) mass is 340 g/mol. The zero-order valence-electron chi connectivity index (χ0n) is 14.2. The number of hydrogen-bond donors (Lipinski definition) is 2. The van der Waals surface area contributed by atoms with Crippen LogP contribution in [0.2, 0.25) is 0 Å². The molecule has 1 saturated heterocycles. The van der Waals surface area contributed by atoms with Gasteiger partial charge in [-0.1, -0.05) is 24.3 Å². The zero-order valence-corrected chi connectivity index (χ0v) is 14.2. The van der Waals surface area contributed by atoms with Crippen molar-refractivity contribution in [3.8, 4) is 0 Å². The lowest BCUT2D eigenvalue weighted by molar-refractivity contribution is 0.107. The highest BCUT2D eigenvalue weighted by Crippen LogP contribution is 2.32. The van der Waals surface area contributed by atoms with Crippen LogP contribution in [0.4, 0.5) is 4.79 Å². The van der Waals surface area contributed by atoms with Crippen LogP contribution in [0, 0.1) is 0 Å². The summed E-state index contributed by atoms with van der Waals surface area (Å²) in [5.41, 5.74) is 2.57. The molecular weight excluding hydrogens is 316 g/mol. The van der Waals surface area contributed by atoms with Crippen LogP contribution in [-0.2, 0) is 6.42 Å². The maximum absolute atomic E-state index is 12.8. The molecule has 0 bridgehead atoms. The number of hydrogen-bond acceptors (Lipinski definition) is 3. The van der Waals surface area contributed by atoms with E-state index in [-0.39, 0.29) is 18.1 Å². The zero-order chi connectivity index (χ0) is 17.2. The molecule has 2 N–H and O–H groups in total. The predicted molar refractivity (Wildman–Crippen MR) is 94.0 cm³/mol. The van der Waals surface area contributed by atoms with E-state index >= 15 is 0 Å². The molecule has 0 unspecified atom stereocenters. The number of nitrogens with one attached hydrogen (secondary N) is 1. The molecule has 2 aliphatic rings. The van der Waals surface area contributed by atoms with E-state index in [2.05, 4.69) is 23.5 Å². The summed E-state index contributed by atoms with van der Waals surface area (Å²) in [6.07, 6.45) is 5.29. The first-order valence-electron chi connectivity index (χ1n) is 9.09. The van der Waals surface area contributed by atoms with Gasteiger partial charge in [0.15, 0.2) is 0 Å². The molecule has 3 atom stereocenters. The second-order valence-electron chi connectivity index (χ2n) is 7.00. The van der Waals surface area contributed by atoms with Gasteiger partial charge in [0.2, 0.25) is 0 Å². The third kappa shape index (κ3) is 3.29. The first-order chi connectivity index (χ1) is 12.2. The molecule has 5 heteroatoms. The van der Waals surface area contributed by atoms with Gasteiger partial charge >= 0.3 is 6.03 Å². The van der Waals surface area contributed by atoms with Crippen LogP contribution >= 0.6 is 0 Å². The molecule has 2 heterocycles. The van der Waals surface area contributed by atoms with Crippen molar-refractivity contribution in [2.45, 2.75) is 50.3 Å². The number of aliphatic hydroxyl groups is 1. The van der Waals surface area contributed by atoms with Crippen LogP contribution in [0.15, 0.2) is 47.1 Å². The summed E-state index contributed by atoms with van der Waals surface area (Å²) in [5.74, 6) is 0.567. The van der Waals surface area contributed by atoms with E-state index < -0.39 is 6.10 Å². The molecule has 0 radical (unpaired) electrons. The highest BCUT2D eigenvalue weighted by Gasteiger charge is 2.33. The fourth-order valence-electron chi connectivity index (χ4n) is 4.14. The third-order valence-electron chi connectivity index (χ3n) is 5.44. The Morgan fingerprint density at radius 3 is 3.00 bits per heavy atom. The normalized spacial score (nSPS) is 23.5. The van der Waals surface area contributed by atoms with Crippen LogP contribution in [0.5, 0.6) is 0 Å². The number of fused-ring (bicyclic) bond motifs is 1. The molecule has 2 aromatic rings. The Bertz CT molecular complexity index is 728. The number of likely N-dealkylation sites (tertiary alicyclic amines) is 1. The maximum atomic E-state index is 12.8. The van der Waals surface area contributed by atoms with Gasteiger partial charge in [-0.05, 0) is 48.9 Å². The highest BCUT2D eigenvalue weighted by molar-refractivity contribution is 5.75. The molecule has 2 amide bonds. The van der Waals surface area contributed by atoms with Crippen molar-refractivity contribution in [3.63, 3.8) is 0 Å². The Morgan fingerprint density at radius 1 is 1.28 bits per heavy atom. The average Bonchev–Trinajstić information content (AvgIpc) is 3.36. The van der Waals surface area contributed by atoms with Crippen molar-refractivity contribution < 1.29 is 14.3 Å². The van der Waals surface area contributed by atoms with Crippen LogP contribution < -0.4 is 5.32 Å². The Labute approximate surface area is 147 Å². The molecule has 4 rings (SSSR count). The van der Waals surface area contributed by atoms with Crippen molar-refractivity contribution in [1.29, 1.82) is 0 Å². The van der Waals surface area contributed by atoms with Gasteiger partial charge in [-0.15, -0.1) is 0 Å². The number of nitrogens with zero attached hydrogens (tertiary/aromatic N) is 1. The van der Waals surface area contributed by atoms with Crippen molar-refractivity contribution in [1.82, 2.24) is 10.2 Å².